The Morgan fingerprint density at radius 1 is 1.43 bits per heavy atom. The van der Waals surface area contributed by atoms with Crippen LogP contribution in [-0.4, -0.2) is 29.9 Å². The highest BCUT2D eigenvalue weighted by Crippen LogP contribution is 2.35. The molecule has 0 bridgehead atoms. The molecule has 0 radical (unpaired) electrons. The summed E-state index contributed by atoms with van der Waals surface area (Å²) in [5.41, 5.74) is 5.26. The average molecular weight is 489 g/mol. The number of halogens is 1. The van der Waals surface area contributed by atoms with Crippen molar-refractivity contribution < 1.29 is 14.6 Å². The second-order valence-corrected chi connectivity index (χ2v) is 7.90. The van der Waals surface area contributed by atoms with Gasteiger partial charge in [0.2, 0.25) is 0 Å². The number of allylic oxidation sites excluding steroid dienone is 1. The quantitative estimate of drug-likeness (QED) is 0.513. The van der Waals surface area contributed by atoms with E-state index in [1.807, 2.05) is 37.3 Å². The van der Waals surface area contributed by atoms with Gasteiger partial charge in [-0.25, -0.2) is 0 Å². The number of benzene rings is 1. The lowest BCUT2D eigenvalue weighted by Gasteiger charge is -2.16. The van der Waals surface area contributed by atoms with Crippen molar-refractivity contribution in [1.82, 2.24) is 4.98 Å². The van der Waals surface area contributed by atoms with E-state index in [1.54, 1.807) is 13.3 Å². The molecule has 1 aliphatic rings. The van der Waals surface area contributed by atoms with Gasteiger partial charge in [0.1, 0.15) is 0 Å². The van der Waals surface area contributed by atoms with E-state index in [4.69, 9.17) is 9.47 Å². The van der Waals surface area contributed by atoms with E-state index in [0.717, 1.165) is 38.8 Å². The van der Waals surface area contributed by atoms with Gasteiger partial charge in [0.25, 0.3) is 0 Å². The number of pyridine rings is 1. The fraction of sp³-hybridized carbons (Fsp3) is 0.261. The van der Waals surface area contributed by atoms with Crippen molar-refractivity contribution in [1.29, 1.82) is 0 Å². The zero-order valence-electron chi connectivity index (χ0n) is 16.1. The van der Waals surface area contributed by atoms with Crippen LogP contribution in [0.1, 0.15) is 31.0 Å². The third-order valence-electron chi connectivity index (χ3n) is 4.72. The van der Waals surface area contributed by atoms with E-state index in [-0.39, 0.29) is 11.9 Å². The van der Waals surface area contributed by atoms with E-state index in [2.05, 4.69) is 46.3 Å². The van der Waals surface area contributed by atoms with Gasteiger partial charge in [0.05, 0.1) is 29.1 Å². The van der Waals surface area contributed by atoms with Crippen LogP contribution < -0.4 is 4.74 Å². The molecule has 28 heavy (non-hydrogen) atoms. The number of phenolic OH excluding ortho intramolecular Hbond substituents is 1. The zero-order chi connectivity index (χ0) is 20.1. The van der Waals surface area contributed by atoms with E-state index < -0.39 is 0 Å². The molecule has 0 spiro atoms. The molecule has 3 rings (SSSR count). The first-order valence-electron chi connectivity index (χ1n) is 9.15. The smallest absolute Gasteiger partial charge is 0.171 e. The van der Waals surface area contributed by atoms with Gasteiger partial charge in [-0.3, -0.25) is 4.98 Å². The Morgan fingerprint density at radius 2 is 2.25 bits per heavy atom. The number of hydrogen-bond donors (Lipinski definition) is 1. The zero-order valence-corrected chi connectivity index (χ0v) is 18.3. The summed E-state index contributed by atoms with van der Waals surface area (Å²) in [5, 5.41) is 10.1. The lowest BCUT2D eigenvalue weighted by molar-refractivity contribution is 0.117. The molecule has 1 aromatic heterocycles. The van der Waals surface area contributed by atoms with Crippen LogP contribution in [0.2, 0.25) is 0 Å². The molecule has 0 amide bonds. The highest BCUT2D eigenvalue weighted by Gasteiger charge is 2.21. The molecule has 1 unspecified atom stereocenters. The Morgan fingerprint density at radius 3 is 2.93 bits per heavy atom. The van der Waals surface area contributed by atoms with Crippen molar-refractivity contribution in [3.63, 3.8) is 0 Å². The summed E-state index contributed by atoms with van der Waals surface area (Å²) in [6.07, 6.45) is 7.75. The SMILES string of the molecule is C=C(C)C1=CCOC1CC/C(=C/c1cc(I)c(O)c(OC)c1)c1ccccn1. The molecule has 1 aliphatic heterocycles. The molecule has 5 heteroatoms. The molecule has 0 saturated carbocycles. The Labute approximate surface area is 179 Å². The van der Waals surface area contributed by atoms with Crippen molar-refractivity contribution >= 4 is 34.2 Å². The third kappa shape index (κ3) is 4.83. The highest BCUT2D eigenvalue weighted by molar-refractivity contribution is 14.1. The predicted octanol–water partition coefficient (Wildman–Crippen LogP) is 5.62. The van der Waals surface area contributed by atoms with Crippen LogP contribution in [0.5, 0.6) is 11.5 Å². The fourth-order valence-electron chi connectivity index (χ4n) is 3.31. The molecule has 2 aromatic rings. The lowest BCUT2D eigenvalue weighted by atomic mass is 9.95. The molecule has 1 atom stereocenters. The maximum atomic E-state index is 10.1. The number of aromatic nitrogens is 1. The van der Waals surface area contributed by atoms with E-state index in [1.165, 1.54) is 5.57 Å². The molecule has 146 valence electrons. The van der Waals surface area contributed by atoms with Gasteiger partial charge in [-0.1, -0.05) is 24.3 Å². The van der Waals surface area contributed by atoms with Crippen molar-refractivity contribution in [3.05, 3.63) is 75.2 Å². The van der Waals surface area contributed by atoms with E-state index in [0.29, 0.717) is 12.4 Å². The molecule has 4 nitrogen and oxygen atoms in total. The average Bonchev–Trinajstić information content (AvgIpc) is 3.17. The van der Waals surface area contributed by atoms with Crippen LogP contribution in [0.4, 0.5) is 0 Å². The summed E-state index contributed by atoms with van der Waals surface area (Å²) in [6, 6.07) is 9.69. The Hall–Kier alpha value is -2.12. The monoisotopic (exact) mass is 489 g/mol. The molecule has 1 aromatic carbocycles. The summed E-state index contributed by atoms with van der Waals surface area (Å²) in [7, 11) is 1.56. The number of ether oxygens (including phenoxy) is 2. The van der Waals surface area contributed by atoms with Crippen molar-refractivity contribution in [2.75, 3.05) is 13.7 Å². The molecule has 0 fully saturated rings. The van der Waals surface area contributed by atoms with Crippen molar-refractivity contribution in [2.45, 2.75) is 25.9 Å². The summed E-state index contributed by atoms with van der Waals surface area (Å²) in [6.45, 7) is 6.73. The van der Waals surface area contributed by atoms with Gasteiger partial charge in [0.15, 0.2) is 11.5 Å². The number of hydrogen-bond acceptors (Lipinski definition) is 4. The largest absolute Gasteiger partial charge is 0.504 e. The maximum Gasteiger partial charge on any atom is 0.171 e. The Bertz CT molecular complexity index is 919. The summed E-state index contributed by atoms with van der Waals surface area (Å²) in [4.78, 5) is 4.53. The summed E-state index contributed by atoms with van der Waals surface area (Å²) in [5.74, 6) is 0.625. The van der Waals surface area contributed by atoms with Gasteiger partial charge in [-0.2, -0.15) is 0 Å². The highest BCUT2D eigenvalue weighted by atomic mass is 127. The predicted molar refractivity (Wildman–Crippen MR) is 121 cm³/mol. The number of rotatable bonds is 7. The second kappa shape index (κ2) is 9.39. The van der Waals surface area contributed by atoms with Gasteiger partial charge >= 0.3 is 0 Å². The van der Waals surface area contributed by atoms with Gasteiger partial charge in [0, 0.05) is 6.20 Å². The van der Waals surface area contributed by atoms with Crippen LogP contribution in [0.15, 0.2) is 60.3 Å². The first kappa shape index (κ1) is 20.6. The number of phenols is 1. The van der Waals surface area contributed by atoms with E-state index in [9.17, 15) is 5.11 Å². The van der Waals surface area contributed by atoms with Gasteiger partial charge in [-0.15, -0.1) is 0 Å². The van der Waals surface area contributed by atoms with Crippen molar-refractivity contribution in [3.8, 4) is 11.5 Å². The molecule has 0 saturated heterocycles. The minimum atomic E-state index is 0.0686. The number of nitrogens with zero attached hydrogens (tertiary/aromatic N) is 1. The summed E-state index contributed by atoms with van der Waals surface area (Å²) < 4.78 is 11.9. The van der Waals surface area contributed by atoms with Crippen molar-refractivity contribution in [2.24, 2.45) is 0 Å². The van der Waals surface area contributed by atoms with Crippen LogP contribution in [0, 0.1) is 3.57 Å². The van der Waals surface area contributed by atoms with Gasteiger partial charge in [-0.05, 0) is 89.4 Å². The molecule has 0 aliphatic carbocycles. The molecule has 1 N–H and O–H groups in total. The normalized spacial score (nSPS) is 16.8. The fourth-order valence-corrected chi connectivity index (χ4v) is 3.94. The number of aromatic hydroxyl groups is 1. The Balaban J connectivity index is 1.90. The Kier molecular flexibility index (Phi) is 6.91. The first-order chi connectivity index (χ1) is 13.5. The maximum absolute atomic E-state index is 10.1. The number of methoxy groups -OCH3 is 1. The van der Waals surface area contributed by atoms with E-state index >= 15 is 0 Å². The molecular formula is C23H24INO3. The lowest BCUT2D eigenvalue weighted by Crippen LogP contribution is -2.11. The topological polar surface area (TPSA) is 51.6 Å². The first-order valence-corrected chi connectivity index (χ1v) is 10.2. The van der Waals surface area contributed by atoms with Gasteiger partial charge < -0.3 is 14.6 Å². The minimum absolute atomic E-state index is 0.0686. The van der Waals surface area contributed by atoms with Crippen LogP contribution in [0.25, 0.3) is 11.6 Å². The second-order valence-electron chi connectivity index (χ2n) is 6.74. The standard InChI is InChI=1S/C23H24INO3/c1-15(2)18-9-11-28-21(18)8-7-17(20-6-4-5-10-25-20)12-16-13-19(24)23(26)22(14-16)27-3/h4-6,9-10,12-14,21,26H,1,7-8,11H2,2-3H3/b17-12-. The summed E-state index contributed by atoms with van der Waals surface area (Å²) >= 11 is 2.11. The van der Waals surface area contributed by atoms with Crippen LogP contribution >= 0.6 is 22.6 Å². The molecule has 2 heterocycles. The van der Waals surface area contributed by atoms with Crippen LogP contribution in [0.3, 0.4) is 0 Å². The minimum Gasteiger partial charge on any atom is -0.504 e. The molecular weight excluding hydrogens is 465 g/mol. The van der Waals surface area contributed by atoms with Crippen LogP contribution in [-0.2, 0) is 4.74 Å². The third-order valence-corrected chi connectivity index (χ3v) is 5.54.